The number of hydrogen-bond donors (Lipinski definition) is 0. The largest absolute Gasteiger partial charge is 0.486 e. The Labute approximate surface area is 121 Å². The molecule has 0 atom stereocenters. The molecule has 3 rings (SSSR count). The second-order valence-corrected chi connectivity index (χ2v) is 6.85. The molecule has 3 nitrogen and oxygen atoms in total. The van der Waals surface area contributed by atoms with Crippen molar-refractivity contribution in [1.29, 1.82) is 0 Å². The molecule has 1 aromatic carbocycles. The first-order chi connectivity index (χ1) is 8.98. The first-order valence-electron chi connectivity index (χ1n) is 6.62. The summed E-state index contributed by atoms with van der Waals surface area (Å²) in [7, 11) is 0. The molecular formula is C15H17BrO3. The fourth-order valence-electron chi connectivity index (χ4n) is 2.81. The summed E-state index contributed by atoms with van der Waals surface area (Å²) < 4.78 is 12.3. The van der Waals surface area contributed by atoms with E-state index in [1.165, 1.54) is 0 Å². The van der Waals surface area contributed by atoms with Gasteiger partial charge in [-0.05, 0) is 29.9 Å². The van der Waals surface area contributed by atoms with Crippen molar-refractivity contribution in [3.8, 4) is 11.5 Å². The lowest BCUT2D eigenvalue weighted by Crippen LogP contribution is -2.19. The maximum Gasteiger partial charge on any atom is 0.172 e. The topological polar surface area (TPSA) is 35.5 Å². The molecule has 0 saturated carbocycles. The molecule has 4 heteroatoms. The van der Waals surface area contributed by atoms with E-state index in [0.717, 1.165) is 28.4 Å². The average molecular weight is 325 g/mol. The van der Waals surface area contributed by atoms with Gasteiger partial charge in [0.05, 0.1) is 5.56 Å². The van der Waals surface area contributed by atoms with E-state index in [1.807, 2.05) is 6.07 Å². The molecule has 1 aliphatic carbocycles. The fraction of sp³-hybridized carbons (Fsp3) is 0.533. The average Bonchev–Trinajstić information content (AvgIpc) is 2.46. The van der Waals surface area contributed by atoms with Gasteiger partial charge in [0.2, 0.25) is 0 Å². The van der Waals surface area contributed by atoms with Gasteiger partial charge in [0.25, 0.3) is 0 Å². The van der Waals surface area contributed by atoms with E-state index < -0.39 is 0 Å². The molecule has 1 aromatic rings. The normalized spacial score (nSPS) is 20.7. The Morgan fingerprint density at radius 1 is 1.26 bits per heavy atom. The Bertz CT molecular complexity index is 549. The number of Topliss-reactive ketones (excluding diaryl/α,β-unsaturated/α-hetero) is 1. The number of ether oxygens (including phenoxy) is 2. The quantitative estimate of drug-likeness (QED) is 0.681. The van der Waals surface area contributed by atoms with Crippen molar-refractivity contribution in [3.63, 3.8) is 0 Å². The Morgan fingerprint density at radius 2 is 2.00 bits per heavy atom. The monoisotopic (exact) mass is 324 g/mol. The van der Waals surface area contributed by atoms with E-state index in [1.54, 1.807) is 0 Å². The van der Waals surface area contributed by atoms with Crippen molar-refractivity contribution in [2.45, 2.75) is 33.1 Å². The standard InChI is InChI=1S/C15H17BrO3/c1-15(2)4-3-9-10(16)7-12-14(19-6-5-18-12)13(9)11(17)8-15/h7H,3-6,8H2,1-2H3. The highest BCUT2D eigenvalue weighted by Crippen LogP contribution is 2.45. The summed E-state index contributed by atoms with van der Waals surface area (Å²) in [4.78, 5) is 12.6. The number of hydrogen-bond acceptors (Lipinski definition) is 3. The lowest BCUT2D eigenvalue weighted by atomic mass is 9.84. The van der Waals surface area contributed by atoms with Crippen LogP contribution in [-0.2, 0) is 6.42 Å². The van der Waals surface area contributed by atoms with Gasteiger partial charge in [0.15, 0.2) is 17.3 Å². The number of halogens is 1. The van der Waals surface area contributed by atoms with Crippen molar-refractivity contribution in [3.05, 3.63) is 21.7 Å². The number of rotatable bonds is 0. The van der Waals surface area contributed by atoms with Crippen LogP contribution in [0.5, 0.6) is 11.5 Å². The molecule has 2 aliphatic rings. The number of ketones is 1. The molecular weight excluding hydrogens is 308 g/mol. The van der Waals surface area contributed by atoms with Gasteiger partial charge in [0.1, 0.15) is 13.2 Å². The maximum absolute atomic E-state index is 12.6. The smallest absolute Gasteiger partial charge is 0.172 e. The summed E-state index contributed by atoms with van der Waals surface area (Å²) in [6.45, 7) is 5.35. The van der Waals surface area contributed by atoms with Crippen LogP contribution in [-0.4, -0.2) is 19.0 Å². The lowest BCUT2D eigenvalue weighted by Gasteiger charge is -2.23. The molecule has 0 radical (unpaired) electrons. The Morgan fingerprint density at radius 3 is 2.79 bits per heavy atom. The fourth-order valence-corrected chi connectivity index (χ4v) is 3.41. The molecule has 0 spiro atoms. The Kier molecular flexibility index (Phi) is 3.08. The first kappa shape index (κ1) is 13.0. The number of carbonyl (C=O) groups excluding carboxylic acids is 1. The zero-order chi connectivity index (χ0) is 13.6. The third-order valence-corrected chi connectivity index (χ3v) is 4.56. The van der Waals surface area contributed by atoms with E-state index in [0.29, 0.717) is 31.1 Å². The summed E-state index contributed by atoms with van der Waals surface area (Å²) in [5.41, 5.74) is 1.84. The Balaban J connectivity index is 2.18. The molecule has 0 fully saturated rings. The highest BCUT2D eigenvalue weighted by molar-refractivity contribution is 9.10. The van der Waals surface area contributed by atoms with Gasteiger partial charge in [-0.3, -0.25) is 4.79 Å². The zero-order valence-electron chi connectivity index (χ0n) is 11.2. The number of fused-ring (bicyclic) bond motifs is 3. The van der Waals surface area contributed by atoms with Gasteiger partial charge in [0, 0.05) is 10.9 Å². The molecule has 0 unspecified atom stereocenters. The summed E-state index contributed by atoms with van der Waals surface area (Å²) in [6.07, 6.45) is 2.46. The number of benzene rings is 1. The van der Waals surface area contributed by atoms with Crippen LogP contribution in [0.3, 0.4) is 0 Å². The van der Waals surface area contributed by atoms with Crippen LogP contribution < -0.4 is 9.47 Å². The van der Waals surface area contributed by atoms with Crippen LogP contribution in [0.1, 0.15) is 42.6 Å². The number of carbonyl (C=O) groups is 1. The van der Waals surface area contributed by atoms with Gasteiger partial charge < -0.3 is 9.47 Å². The van der Waals surface area contributed by atoms with Gasteiger partial charge >= 0.3 is 0 Å². The molecule has 0 bridgehead atoms. The highest BCUT2D eigenvalue weighted by Gasteiger charge is 2.33. The van der Waals surface area contributed by atoms with Crippen LogP contribution >= 0.6 is 15.9 Å². The van der Waals surface area contributed by atoms with E-state index >= 15 is 0 Å². The van der Waals surface area contributed by atoms with Crippen molar-refractivity contribution in [1.82, 2.24) is 0 Å². The highest BCUT2D eigenvalue weighted by atomic mass is 79.9. The summed E-state index contributed by atoms with van der Waals surface area (Å²) in [6, 6.07) is 1.93. The minimum absolute atomic E-state index is 0.0396. The van der Waals surface area contributed by atoms with Crippen LogP contribution in [0.15, 0.2) is 10.5 Å². The van der Waals surface area contributed by atoms with Gasteiger partial charge in [-0.25, -0.2) is 0 Å². The first-order valence-corrected chi connectivity index (χ1v) is 7.41. The van der Waals surface area contributed by atoms with E-state index in [4.69, 9.17) is 9.47 Å². The van der Waals surface area contributed by atoms with Crippen molar-refractivity contribution < 1.29 is 14.3 Å². The third-order valence-electron chi connectivity index (χ3n) is 3.86. The molecule has 0 N–H and O–H groups in total. The molecule has 0 amide bonds. The predicted octanol–water partition coefficient (Wildman–Crippen LogP) is 3.77. The van der Waals surface area contributed by atoms with Crippen LogP contribution in [0.25, 0.3) is 0 Å². The zero-order valence-corrected chi connectivity index (χ0v) is 12.8. The minimum Gasteiger partial charge on any atom is -0.486 e. The second kappa shape index (κ2) is 4.51. The SMILES string of the molecule is CC1(C)CCc2c(Br)cc3c(c2C(=O)C1)OCCO3. The van der Waals surface area contributed by atoms with Crippen LogP contribution in [0, 0.1) is 5.41 Å². The predicted molar refractivity (Wildman–Crippen MR) is 76.2 cm³/mol. The molecule has 1 aliphatic heterocycles. The summed E-state index contributed by atoms with van der Waals surface area (Å²) >= 11 is 3.57. The minimum atomic E-state index is 0.0396. The second-order valence-electron chi connectivity index (χ2n) is 6.00. The molecule has 102 valence electrons. The van der Waals surface area contributed by atoms with E-state index in [-0.39, 0.29) is 11.2 Å². The molecule has 19 heavy (non-hydrogen) atoms. The van der Waals surface area contributed by atoms with Crippen LogP contribution in [0.2, 0.25) is 0 Å². The Hall–Kier alpha value is -1.03. The molecule has 0 aromatic heterocycles. The maximum atomic E-state index is 12.6. The van der Waals surface area contributed by atoms with E-state index in [9.17, 15) is 4.79 Å². The lowest BCUT2D eigenvalue weighted by molar-refractivity contribution is 0.0924. The third kappa shape index (κ3) is 2.27. The van der Waals surface area contributed by atoms with Gasteiger partial charge in [-0.1, -0.05) is 29.8 Å². The summed E-state index contributed by atoms with van der Waals surface area (Å²) in [5.74, 6) is 1.50. The van der Waals surface area contributed by atoms with Gasteiger partial charge in [-0.2, -0.15) is 0 Å². The van der Waals surface area contributed by atoms with Crippen molar-refractivity contribution in [2.24, 2.45) is 5.41 Å². The molecule has 0 saturated heterocycles. The summed E-state index contributed by atoms with van der Waals surface area (Å²) in [5, 5.41) is 0. The van der Waals surface area contributed by atoms with Gasteiger partial charge in [-0.15, -0.1) is 0 Å². The van der Waals surface area contributed by atoms with Crippen molar-refractivity contribution in [2.75, 3.05) is 13.2 Å². The molecule has 1 heterocycles. The van der Waals surface area contributed by atoms with E-state index in [2.05, 4.69) is 29.8 Å². The van der Waals surface area contributed by atoms with Crippen molar-refractivity contribution >= 4 is 21.7 Å². The van der Waals surface area contributed by atoms with Crippen LogP contribution in [0.4, 0.5) is 0 Å².